The number of aromatic nitrogens is 3. The Morgan fingerprint density at radius 3 is 2.79 bits per heavy atom. The monoisotopic (exact) mass is 323 g/mol. The number of carbonyl (C=O) groups is 1. The first-order chi connectivity index (χ1) is 11.7. The van der Waals surface area contributed by atoms with Gasteiger partial charge in [-0.2, -0.15) is 0 Å². The van der Waals surface area contributed by atoms with Crippen molar-refractivity contribution in [1.29, 1.82) is 0 Å². The Morgan fingerprint density at radius 1 is 1.17 bits per heavy atom. The number of carbonyl (C=O) groups excluding carboxylic acids is 1. The van der Waals surface area contributed by atoms with Gasteiger partial charge in [0.2, 0.25) is 5.91 Å². The van der Waals surface area contributed by atoms with E-state index in [4.69, 9.17) is 15.7 Å². The lowest BCUT2D eigenvalue weighted by Crippen LogP contribution is -2.42. The SMILES string of the molecule is NC(=O)C1CCCN(c2nc(-c3ccncc3)nc3c2CCC3)C1. The molecule has 24 heavy (non-hydrogen) atoms. The Kier molecular flexibility index (Phi) is 3.88. The molecule has 4 rings (SSSR count). The molecule has 0 spiro atoms. The number of nitrogens with zero attached hydrogens (tertiary/aromatic N) is 4. The Hall–Kier alpha value is -2.50. The van der Waals surface area contributed by atoms with Crippen LogP contribution in [0.2, 0.25) is 0 Å². The molecule has 6 heteroatoms. The molecule has 2 aromatic heterocycles. The number of amides is 1. The van der Waals surface area contributed by atoms with Crippen molar-refractivity contribution >= 4 is 11.7 Å². The minimum absolute atomic E-state index is 0.0878. The fraction of sp³-hybridized carbons (Fsp3) is 0.444. The number of anilines is 1. The van der Waals surface area contributed by atoms with Gasteiger partial charge in [0.15, 0.2) is 5.82 Å². The lowest BCUT2D eigenvalue weighted by molar-refractivity contribution is -0.122. The fourth-order valence-electron chi connectivity index (χ4n) is 3.71. The van der Waals surface area contributed by atoms with Crippen molar-refractivity contribution in [2.45, 2.75) is 32.1 Å². The lowest BCUT2D eigenvalue weighted by Gasteiger charge is -2.33. The third-order valence-corrected chi connectivity index (χ3v) is 4.97. The van der Waals surface area contributed by atoms with Gasteiger partial charge in [-0.15, -0.1) is 0 Å². The number of rotatable bonds is 3. The van der Waals surface area contributed by atoms with E-state index < -0.39 is 0 Å². The van der Waals surface area contributed by atoms with Crippen molar-refractivity contribution in [3.8, 4) is 11.4 Å². The summed E-state index contributed by atoms with van der Waals surface area (Å²) < 4.78 is 0. The van der Waals surface area contributed by atoms with Crippen LogP contribution in [-0.4, -0.2) is 33.9 Å². The van der Waals surface area contributed by atoms with Gasteiger partial charge in [-0.05, 0) is 44.2 Å². The topological polar surface area (TPSA) is 85.0 Å². The maximum atomic E-state index is 11.6. The number of nitrogens with two attached hydrogens (primary N) is 1. The van der Waals surface area contributed by atoms with Crippen molar-refractivity contribution in [1.82, 2.24) is 15.0 Å². The van der Waals surface area contributed by atoms with Crippen LogP contribution < -0.4 is 10.6 Å². The van der Waals surface area contributed by atoms with Crippen LogP contribution in [0.5, 0.6) is 0 Å². The van der Waals surface area contributed by atoms with Crippen LogP contribution in [0.1, 0.15) is 30.5 Å². The molecule has 1 saturated heterocycles. The average molecular weight is 323 g/mol. The number of hydrogen-bond acceptors (Lipinski definition) is 5. The van der Waals surface area contributed by atoms with Crippen LogP contribution in [0.25, 0.3) is 11.4 Å². The van der Waals surface area contributed by atoms with Crippen LogP contribution in [0.3, 0.4) is 0 Å². The second-order valence-electron chi connectivity index (χ2n) is 6.57. The third-order valence-electron chi connectivity index (χ3n) is 4.97. The molecule has 124 valence electrons. The molecule has 6 nitrogen and oxygen atoms in total. The van der Waals surface area contributed by atoms with Crippen molar-refractivity contribution in [3.63, 3.8) is 0 Å². The Labute approximate surface area is 141 Å². The van der Waals surface area contributed by atoms with E-state index >= 15 is 0 Å². The van der Waals surface area contributed by atoms with Crippen LogP contribution in [-0.2, 0) is 17.6 Å². The Morgan fingerprint density at radius 2 is 2.00 bits per heavy atom. The summed E-state index contributed by atoms with van der Waals surface area (Å²) in [4.78, 5) is 27.6. The van der Waals surface area contributed by atoms with Crippen molar-refractivity contribution < 1.29 is 4.79 Å². The molecule has 2 aromatic rings. The maximum Gasteiger partial charge on any atom is 0.222 e. The first-order valence-corrected chi connectivity index (χ1v) is 8.57. The molecule has 2 aliphatic rings. The van der Waals surface area contributed by atoms with E-state index in [1.807, 2.05) is 12.1 Å². The quantitative estimate of drug-likeness (QED) is 0.930. The molecule has 2 N–H and O–H groups in total. The number of primary amides is 1. The third kappa shape index (κ3) is 2.72. The van der Waals surface area contributed by atoms with E-state index in [-0.39, 0.29) is 11.8 Å². The zero-order valence-electron chi connectivity index (χ0n) is 13.6. The summed E-state index contributed by atoms with van der Waals surface area (Å²) in [5.41, 5.74) is 8.91. The Bertz CT molecular complexity index is 762. The smallest absolute Gasteiger partial charge is 0.222 e. The first-order valence-electron chi connectivity index (χ1n) is 8.57. The zero-order chi connectivity index (χ0) is 16.5. The summed E-state index contributed by atoms with van der Waals surface area (Å²) in [7, 11) is 0. The van der Waals surface area contributed by atoms with Gasteiger partial charge in [-0.25, -0.2) is 9.97 Å². The fourth-order valence-corrected chi connectivity index (χ4v) is 3.71. The summed E-state index contributed by atoms with van der Waals surface area (Å²) in [5, 5.41) is 0. The molecule has 3 heterocycles. The largest absolute Gasteiger partial charge is 0.369 e. The van der Waals surface area contributed by atoms with E-state index in [0.717, 1.165) is 61.5 Å². The molecular weight excluding hydrogens is 302 g/mol. The molecule has 0 bridgehead atoms. The number of piperidine rings is 1. The summed E-state index contributed by atoms with van der Waals surface area (Å²) in [5.74, 6) is 1.44. The van der Waals surface area contributed by atoms with Crippen molar-refractivity contribution in [3.05, 3.63) is 35.8 Å². The molecule has 1 amide bonds. The molecule has 1 atom stereocenters. The van der Waals surface area contributed by atoms with Crippen molar-refractivity contribution in [2.24, 2.45) is 11.7 Å². The highest BCUT2D eigenvalue weighted by molar-refractivity contribution is 5.77. The van der Waals surface area contributed by atoms with Gasteiger partial charge < -0.3 is 10.6 Å². The number of hydrogen-bond donors (Lipinski definition) is 1. The van der Waals surface area contributed by atoms with Crippen LogP contribution in [0, 0.1) is 5.92 Å². The number of aryl methyl sites for hydroxylation is 1. The van der Waals surface area contributed by atoms with Gasteiger partial charge in [0.1, 0.15) is 5.82 Å². The lowest BCUT2D eigenvalue weighted by atomic mass is 9.97. The summed E-state index contributed by atoms with van der Waals surface area (Å²) in [6, 6.07) is 3.87. The van der Waals surface area contributed by atoms with Crippen LogP contribution in [0.4, 0.5) is 5.82 Å². The van der Waals surface area contributed by atoms with E-state index in [0.29, 0.717) is 6.54 Å². The first kappa shape index (κ1) is 15.1. The molecule has 0 radical (unpaired) electrons. The minimum Gasteiger partial charge on any atom is -0.369 e. The van der Waals surface area contributed by atoms with Gasteiger partial charge in [-0.1, -0.05) is 0 Å². The highest BCUT2D eigenvalue weighted by atomic mass is 16.1. The number of fused-ring (bicyclic) bond motifs is 1. The van der Waals surface area contributed by atoms with Gasteiger partial charge >= 0.3 is 0 Å². The minimum atomic E-state index is -0.209. The predicted octanol–water partition coefficient (Wildman–Crippen LogP) is 1.73. The van der Waals surface area contributed by atoms with Crippen molar-refractivity contribution in [2.75, 3.05) is 18.0 Å². The molecule has 1 fully saturated rings. The van der Waals surface area contributed by atoms with Crippen LogP contribution >= 0.6 is 0 Å². The van der Waals surface area contributed by atoms with E-state index in [1.54, 1.807) is 12.4 Å². The predicted molar refractivity (Wildman–Crippen MR) is 91.4 cm³/mol. The molecular formula is C18H21N5O. The molecule has 0 saturated carbocycles. The molecule has 1 aliphatic heterocycles. The summed E-state index contributed by atoms with van der Waals surface area (Å²) in [6.07, 6.45) is 8.48. The summed E-state index contributed by atoms with van der Waals surface area (Å²) in [6.45, 7) is 1.58. The highest BCUT2D eigenvalue weighted by Gasteiger charge is 2.29. The van der Waals surface area contributed by atoms with E-state index in [2.05, 4.69) is 9.88 Å². The Balaban J connectivity index is 1.74. The van der Waals surface area contributed by atoms with Gasteiger partial charge in [0.25, 0.3) is 0 Å². The summed E-state index contributed by atoms with van der Waals surface area (Å²) >= 11 is 0. The average Bonchev–Trinajstić information content (AvgIpc) is 3.10. The van der Waals surface area contributed by atoms with Gasteiger partial charge in [0, 0.05) is 42.3 Å². The maximum absolute atomic E-state index is 11.6. The molecule has 1 unspecified atom stereocenters. The molecule has 0 aromatic carbocycles. The normalized spacial score (nSPS) is 20.0. The van der Waals surface area contributed by atoms with E-state index in [9.17, 15) is 4.79 Å². The molecule has 1 aliphatic carbocycles. The number of pyridine rings is 1. The van der Waals surface area contributed by atoms with Crippen LogP contribution in [0.15, 0.2) is 24.5 Å². The second-order valence-corrected chi connectivity index (χ2v) is 6.57. The van der Waals surface area contributed by atoms with E-state index in [1.165, 1.54) is 5.56 Å². The second kappa shape index (κ2) is 6.19. The standard InChI is InChI=1S/C18H21N5O/c19-16(24)13-3-2-10-23(11-13)18-14-4-1-5-15(14)21-17(22-18)12-6-8-20-9-7-12/h6-9,13H,1-5,10-11H2,(H2,19,24). The van der Waals surface area contributed by atoms with Gasteiger partial charge in [-0.3, -0.25) is 9.78 Å². The highest BCUT2D eigenvalue weighted by Crippen LogP contribution is 2.33. The zero-order valence-corrected chi connectivity index (χ0v) is 13.6. The van der Waals surface area contributed by atoms with Gasteiger partial charge in [0.05, 0.1) is 5.92 Å².